The SMILES string of the molecule is O=C(CN1CCCC(C(=O)c2ccc(F)cc2)C1)NCC1CCCO1. The predicted octanol–water partition coefficient (Wildman–Crippen LogP) is 2.02. The van der Waals surface area contributed by atoms with Gasteiger partial charge < -0.3 is 10.1 Å². The van der Waals surface area contributed by atoms with E-state index < -0.39 is 0 Å². The van der Waals surface area contributed by atoms with E-state index in [0.29, 0.717) is 25.2 Å². The lowest BCUT2D eigenvalue weighted by molar-refractivity contribution is -0.123. The second kappa shape index (κ2) is 8.54. The number of ether oxygens (including phenoxy) is 1. The standard InChI is InChI=1S/C19H25FN2O3/c20-16-7-5-14(6-8-16)19(24)15-3-1-9-22(12-15)13-18(23)21-11-17-4-2-10-25-17/h5-8,15,17H,1-4,9-13H2,(H,21,23). The molecule has 1 aromatic carbocycles. The van der Waals surface area contributed by atoms with E-state index in [-0.39, 0.29) is 29.5 Å². The van der Waals surface area contributed by atoms with Crippen molar-refractivity contribution in [1.29, 1.82) is 0 Å². The largest absolute Gasteiger partial charge is 0.376 e. The molecule has 5 nitrogen and oxygen atoms in total. The number of Topliss-reactive ketones (excluding diaryl/α,β-unsaturated/α-hetero) is 1. The molecule has 0 saturated carbocycles. The first kappa shape index (κ1) is 18.0. The van der Waals surface area contributed by atoms with Gasteiger partial charge in [0.2, 0.25) is 5.91 Å². The van der Waals surface area contributed by atoms with Crippen molar-refractivity contribution in [2.45, 2.75) is 31.8 Å². The normalized spacial score (nSPS) is 24.2. The van der Waals surface area contributed by atoms with Crippen LogP contribution in [0, 0.1) is 11.7 Å². The van der Waals surface area contributed by atoms with E-state index >= 15 is 0 Å². The minimum Gasteiger partial charge on any atom is -0.376 e. The molecule has 1 N–H and O–H groups in total. The lowest BCUT2D eigenvalue weighted by Crippen LogP contribution is -2.45. The van der Waals surface area contributed by atoms with Crippen LogP contribution < -0.4 is 5.32 Å². The second-order valence-corrected chi connectivity index (χ2v) is 6.88. The number of benzene rings is 1. The first-order valence-electron chi connectivity index (χ1n) is 9.02. The molecule has 1 aromatic rings. The number of hydrogen-bond acceptors (Lipinski definition) is 4. The van der Waals surface area contributed by atoms with Gasteiger partial charge in [0, 0.05) is 31.2 Å². The fourth-order valence-corrected chi connectivity index (χ4v) is 3.55. The highest BCUT2D eigenvalue weighted by Gasteiger charge is 2.27. The molecule has 0 bridgehead atoms. The van der Waals surface area contributed by atoms with Crippen LogP contribution in [-0.4, -0.2) is 55.5 Å². The number of rotatable bonds is 6. The van der Waals surface area contributed by atoms with Crippen LogP contribution in [0.2, 0.25) is 0 Å². The van der Waals surface area contributed by atoms with E-state index in [2.05, 4.69) is 5.32 Å². The molecule has 0 spiro atoms. The highest BCUT2D eigenvalue weighted by atomic mass is 19.1. The van der Waals surface area contributed by atoms with Crippen molar-refractivity contribution in [3.63, 3.8) is 0 Å². The topological polar surface area (TPSA) is 58.6 Å². The maximum atomic E-state index is 13.0. The number of nitrogens with zero attached hydrogens (tertiary/aromatic N) is 1. The van der Waals surface area contributed by atoms with Gasteiger partial charge in [0.15, 0.2) is 5.78 Å². The predicted molar refractivity (Wildman–Crippen MR) is 91.9 cm³/mol. The summed E-state index contributed by atoms with van der Waals surface area (Å²) in [6.45, 7) is 3.04. The number of likely N-dealkylation sites (tertiary alicyclic amines) is 1. The van der Waals surface area contributed by atoms with Crippen LogP contribution in [0.3, 0.4) is 0 Å². The molecule has 2 fully saturated rings. The van der Waals surface area contributed by atoms with Gasteiger partial charge >= 0.3 is 0 Å². The summed E-state index contributed by atoms with van der Waals surface area (Å²) in [5.41, 5.74) is 0.538. The average Bonchev–Trinajstić information content (AvgIpc) is 3.14. The van der Waals surface area contributed by atoms with Crippen molar-refractivity contribution in [3.05, 3.63) is 35.6 Å². The van der Waals surface area contributed by atoms with Crippen LogP contribution in [0.5, 0.6) is 0 Å². The van der Waals surface area contributed by atoms with Gasteiger partial charge in [0.1, 0.15) is 5.82 Å². The van der Waals surface area contributed by atoms with Crippen LogP contribution in [0.25, 0.3) is 0 Å². The molecule has 136 valence electrons. The maximum absolute atomic E-state index is 13.0. The van der Waals surface area contributed by atoms with E-state index in [9.17, 15) is 14.0 Å². The van der Waals surface area contributed by atoms with Crippen LogP contribution in [0.1, 0.15) is 36.0 Å². The molecule has 2 saturated heterocycles. The molecule has 2 heterocycles. The van der Waals surface area contributed by atoms with Crippen molar-refractivity contribution in [2.24, 2.45) is 5.92 Å². The Morgan fingerprint density at radius 2 is 2.00 bits per heavy atom. The van der Waals surface area contributed by atoms with Gasteiger partial charge in [-0.15, -0.1) is 0 Å². The zero-order chi connectivity index (χ0) is 17.6. The lowest BCUT2D eigenvalue weighted by Gasteiger charge is -2.31. The number of carbonyl (C=O) groups is 2. The zero-order valence-electron chi connectivity index (χ0n) is 14.4. The van der Waals surface area contributed by atoms with E-state index in [1.54, 1.807) is 0 Å². The number of ketones is 1. The van der Waals surface area contributed by atoms with Gasteiger partial charge in [-0.1, -0.05) is 0 Å². The summed E-state index contributed by atoms with van der Waals surface area (Å²) in [6, 6.07) is 5.69. The Morgan fingerprint density at radius 3 is 2.72 bits per heavy atom. The average molecular weight is 348 g/mol. The summed E-state index contributed by atoms with van der Waals surface area (Å²) in [4.78, 5) is 26.7. The number of amides is 1. The molecular weight excluding hydrogens is 323 g/mol. The Balaban J connectivity index is 1.47. The molecule has 0 aliphatic carbocycles. The van der Waals surface area contributed by atoms with Gasteiger partial charge in [-0.2, -0.15) is 0 Å². The van der Waals surface area contributed by atoms with Crippen molar-refractivity contribution < 1.29 is 18.7 Å². The molecule has 1 amide bonds. The molecule has 0 radical (unpaired) electrons. The maximum Gasteiger partial charge on any atom is 0.234 e. The Morgan fingerprint density at radius 1 is 1.20 bits per heavy atom. The van der Waals surface area contributed by atoms with Gasteiger partial charge in [-0.05, 0) is 56.5 Å². The van der Waals surface area contributed by atoms with Gasteiger partial charge in [-0.25, -0.2) is 4.39 Å². The fraction of sp³-hybridized carbons (Fsp3) is 0.579. The first-order chi connectivity index (χ1) is 12.1. The van der Waals surface area contributed by atoms with E-state index in [1.165, 1.54) is 24.3 Å². The van der Waals surface area contributed by atoms with Gasteiger partial charge in [0.05, 0.1) is 12.6 Å². The molecule has 0 aromatic heterocycles. The molecule has 2 unspecified atom stereocenters. The summed E-state index contributed by atoms with van der Waals surface area (Å²) >= 11 is 0. The Hall–Kier alpha value is -1.79. The molecule has 25 heavy (non-hydrogen) atoms. The van der Waals surface area contributed by atoms with Crippen molar-refractivity contribution in [3.8, 4) is 0 Å². The third-order valence-electron chi connectivity index (χ3n) is 4.92. The summed E-state index contributed by atoms with van der Waals surface area (Å²) in [6.07, 6.45) is 3.89. The van der Waals surface area contributed by atoms with Gasteiger partial charge in [-0.3, -0.25) is 14.5 Å². The number of piperidine rings is 1. The number of carbonyl (C=O) groups excluding carboxylic acids is 2. The lowest BCUT2D eigenvalue weighted by atomic mass is 9.90. The number of hydrogen-bond donors (Lipinski definition) is 1. The van der Waals surface area contributed by atoms with Crippen LogP contribution in [0.4, 0.5) is 4.39 Å². The van der Waals surface area contributed by atoms with E-state index in [1.807, 2.05) is 4.90 Å². The van der Waals surface area contributed by atoms with Crippen molar-refractivity contribution >= 4 is 11.7 Å². The molecule has 3 rings (SSSR count). The van der Waals surface area contributed by atoms with Crippen LogP contribution >= 0.6 is 0 Å². The highest BCUT2D eigenvalue weighted by Crippen LogP contribution is 2.21. The Labute approximate surface area is 147 Å². The van der Waals surface area contributed by atoms with E-state index in [4.69, 9.17) is 4.74 Å². The monoisotopic (exact) mass is 348 g/mol. The summed E-state index contributed by atoms with van der Waals surface area (Å²) in [5, 5.41) is 2.92. The first-order valence-corrected chi connectivity index (χ1v) is 9.02. The molecular formula is C19H25FN2O3. The fourth-order valence-electron chi connectivity index (χ4n) is 3.55. The third-order valence-corrected chi connectivity index (χ3v) is 4.92. The smallest absolute Gasteiger partial charge is 0.234 e. The zero-order valence-corrected chi connectivity index (χ0v) is 14.4. The Kier molecular flexibility index (Phi) is 6.15. The molecule has 2 atom stereocenters. The highest BCUT2D eigenvalue weighted by molar-refractivity contribution is 5.98. The summed E-state index contributed by atoms with van der Waals surface area (Å²) < 4.78 is 18.5. The number of nitrogens with one attached hydrogen (secondary N) is 1. The van der Waals surface area contributed by atoms with E-state index in [0.717, 1.165) is 38.8 Å². The molecule has 6 heteroatoms. The Bertz CT molecular complexity index is 599. The van der Waals surface area contributed by atoms with Crippen molar-refractivity contribution in [2.75, 3.05) is 32.8 Å². The molecule has 2 aliphatic rings. The number of halogens is 1. The third kappa shape index (κ3) is 5.09. The van der Waals surface area contributed by atoms with Crippen LogP contribution in [-0.2, 0) is 9.53 Å². The quantitative estimate of drug-likeness (QED) is 0.799. The van der Waals surface area contributed by atoms with Crippen LogP contribution in [0.15, 0.2) is 24.3 Å². The minimum absolute atomic E-state index is 0.0228. The second-order valence-electron chi connectivity index (χ2n) is 6.88. The minimum atomic E-state index is -0.343. The van der Waals surface area contributed by atoms with Gasteiger partial charge in [0.25, 0.3) is 0 Å². The molecule has 2 aliphatic heterocycles. The summed E-state index contributed by atoms with van der Waals surface area (Å²) in [5.74, 6) is -0.468. The van der Waals surface area contributed by atoms with Crippen molar-refractivity contribution in [1.82, 2.24) is 10.2 Å². The summed E-state index contributed by atoms with van der Waals surface area (Å²) in [7, 11) is 0.